The summed E-state index contributed by atoms with van der Waals surface area (Å²) in [7, 11) is 0. The molecule has 0 atom stereocenters. The van der Waals surface area contributed by atoms with E-state index in [9.17, 15) is 4.79 Å². The average Bonchev–Trinajstić information content (AvgIpc) is 2.53. The minimum atomic E-state index is -0.717. The summed E-state index contributed by atoms with van der Waals surface area (Å²) in [4.78, 5) is 15.6. The molecule has 24 heavy (non-hydrogen) atoms. The van der Waals surface area contributed by atoms with Gasteiger partial charge in [0.25, 0.3) is 0 Å². The van der Waals surface area contributed by atoms with Gasteiger partial charge < -0.3 is 5.11 Å². The van der Waals surface area contributed by atoms with Gasteiger partial charge in [-0.1, -0.05) is 37.6 Å². The monoisotopic (exact) mass is 330 g/mol. The van der Waals surface area contributed by atoms with Crippen LogP contribution in [0.15, 0.2) is 24.3 Å². The number of nitrogens with zero attached hydrogens (tertiary/aromatic N) is 2. The van der Waals surface area contributed by atoms with Gasteiger partial charge in [-0.25, -0.2) is 0 Å². The van der Waals surface area contributed by atoms with Crippen LogP contribution in [0.5, 0.6) is 0 Å². The highest BCUT2D eigenvalue weighted by molar-refractivity contribution is 5.69. The largest absolute Gasteiger partial charge is 0.480 e. The van der Waals surface area contributed by atoms with Gasteiger partial charge in [0.2, 0.25) is 0 Å². The van der Waals surface area contributed by atoms with E-state index in [1.54, 1.807) is 0 Å². The van der Waals surface area contributed by atoms with E-state index >= 15 is 0 Å². The van der Waals surface area contributed by atoms with Crippen LogP contribution in [0.4, 0.5) is 0 Å². The van der Waals surface area contributed by atoms with Crippen LogP contribution in [-0.4, -0.2) is 53.1 Å². The number of likely N-dealkylation sites (N-methyl/N-ethyl adjacent to an activating group) is 1. The third-order valence-corrected chi connectivity index (χ3v) is 5.78. The summed E-state index contributed by atoms with van der Waals surface area (Å²) in [5, 5.41) is 9.02. The lowest BCUT2D eigenvalue weighted by Crippen LogP contribution is -2.46. The zero-order valence-corrected chi connectivity index (χ0v) is 14.8. The molecule has 2 aliphatic rings. The summed E-state index contributed by atoms with van der Waals surface area (Å²) in [6.07, 6.45) is 6.24. The predicted molar refractivity (Wildman–Crippen MR) is 96.2 cm³/mol. The highest BCUT2D eigenvalue weighted by Crippen LogP contribution is 2.36. The number of piperidine rings is 1. The number of carboxylic acids is 1. The molecule has 0 amide bonds. The lowest BCUT2D eigenvalue weighted by Gasteiger charge is -2.37. The SMILES string of the molecule is CCN(CC(=O)O)C1CCN(Cc2ccc(C3CCC3)cc2)CC1. The quantitative estimate of drug-likeness (QED) is 0.833. The molecule has 0 bridgehead atoms. The molecule has 4 heteroatoms. The van der Waals surface area contributed by atoms with Crippen molar-refractivity contribution in [1.82, 2.24) is 9.80 Å². The van der Waals surface area contributed by atoms with Crippen molar-refractivity contribution in [2.24, 2.45) is 0 Å². The summed E-state index contributed by atoms with van der Waals surface area (Å²) in [6, 6.07) is 9.64. The molecule has 1 aliphatic heterocycles. The second-order valence-electron chi connectivity index (χ2n) is 7.33. The van der Waals surface area contributed by atoms with Gasteiger partial charge in [0.1, 0.15) is 0 Å². The van der Waals surface area contributed by atoms with Crippen molar-refractivity contribution in [2.75, 3.05) is 26.2 Å². The zero-order chi connectivity index (χ0) is 16.9. The van der Waals surface area contributed by atoms with Gasteiger partial charge in [-0.3, -0.25) is 14.6 Å². The molecule has 132 valence electrons. The fraction of sp³-hybridized carbons (Fsp3) is 0.650. The van der Waals surface area contributed by atoms with Crippen LogP contribution < -0.4 is 0 Å². The van der Waals surface area contributed by atoms with Crippen molar-refractivity contribution in [3.63, 3.8) is 0 Å². The first-order valence-electron chi connectivity index (χ1n) is 9.42. The fourth-order valence-electron chi connectivity index (χ4n) is 4.01. The molecule has 1 heterocycles. The van der Waals surface area contributed by atoms with E-state index in [0.717, 1.165) is 44.9 Å². The van der Waals surface area contributed by atoms with Crippen LogP contribution in [-0.2, 0) is 11.3 Å². The highest BCUT2D eigenvalue weighted by Gasteiger charge is 2.25. The van der Waals surface area contributed by atoms with Gasteiger partial charge >= 0.3 is 5.97 Å². The summed E-state index contributed by atoms with van der Waals surface area (Å²) in [5.74, 6) is 0.0925. The topological polar surface area (TPSA) is 43.8 Å². The highest BCUT2D eigenvalue weighted by atomic mass is 16.4. The maximum Gasteiger partial charge on any atom is 0.317 e. The maximum atomic E-state index is 11.0. The number of aliphatic carboxylic acids is 1. The van der Waals surface area contributed by atoms with Crippen LogP contribution in [0, 0.1) is 0 Å². The van der Waals surface area contributed by atoms with Crippen LogP contribution in [0.25, 0.3) is 0 Å². The normalized spacial score (nSPS) is 20.2. The molecule has 0 aromatic heterocycles. The Morgan fingerprint density at radius 1 is 1.17 bits per heavy atom. The van der Waals surface area contributed by atoms with Crippen LogP contribution >= 0.6 is 0 Å². The van der Waals surface area contributed by atoms with Crippen molar-refractivity contribution < 1.29 is 9.90 Å². The second kappa shape index (κ2) is 8.13. The van der Waals surface area contributed by atoms with Crippen molar-refractivity contribution in [2.45, 2.75) is 57.5 Å². The average molecular weight is 330 g/mol. The Morgan fingerprint density at radius 3 is 2.33 bits per heavy atom. The number of carboxylic acid groups (broad SMARTS) is 1. The summed E-state index contributed by atoms with van der Waals surface area (Å²) in [5.41, 5.74) is 2.91. The third kappa shape index (κ3) is 4.37. The van der Waals surface area contributed by atoms with Crippen molar-refractivity contribution >= 4 is 5.97 Å². The van der Waals surface area contributed by atoms with E-state index in [-0.39, 0.29) is 6.54 Å². The number of benzene rings is 1. The standard InChI is InChI=1S/C20H30N2O2/c1-2-22(15-20(23)24)19-10-12-21(13-11-19)14-16-6-8-18(9-7-16)17-4-3-5-17/h6-9,17,19H,2-5,10-15H2,1H3,(H,23,24). The summed E-state index contributed by atoms with van der Waals surface area (Å²) in [6.45, 7) is 6.18. The van der Waals surface area contributed by atoms with Crippen LogP contribution in [0.1, 0.15) is 56.1 Å². The van der Waals surface area contributed by atoms with E-state index in [1.807, 2.05) is 0 Å². The fourth-order valence-corrected chi connectivity index (χ4v) is 4.01. The van der Waals surface area contributed by atoms with Gasteiger partial charge in [0.05, 0.1) is 6.54 Å². The second-order valence-corrected chi connectivity index (χ2v) is 7.33. The predicted octanol–water partition coefficient (Wildman–Crippen LogP) is 3.33. The molecule has 1 aromatic carbocycles. The molecule has 1 saturated carbocycles. The molecular weight excluding hydrogens is 300 g/mol. The lowest BCUT2D eigenvalue weighted by atomic mass is 9.80. The molecule has 1 aliphatic carbocycles. The zero-order valence-electron chi connectivity index (χ0n) is 14.8. The number of hydrogen-bond donors (Lipinski definition) is 1. The minimum absolute atomic E-state index is 0.170. The summed E-state index contributed by atoms with van der Waals surface area (Å²) >= 11 is 0. The Hall–Kier alpha value is -1.39. The van der Waals surface area contributed by atoms with E-state index < -0.39 is 5.97 Å². The van der Waals surface area contributed by atoms with Crippen molar-refractivity contribution in [3.05, 3.63) is 35.4 Å². The van der Waals surface area contributed by atoms with Gasteiger partial charge in [0, 0.05) is 12.6 Å². The van der Waals surface area contributed by atoms with E-state index in [4.69, 9.17) is 5.11 Å². The van der Waals surface area contributed by atoms with Crippen LogP contribution in [0.3, 0.4) is 0 Å². The lowest BCUT2D eigenvalue weighted by molar-refractivity contribution is -0.139. The molecule has 1 saturated heterocycles. The number of carbonyl (C=O) groups is 1. The Balaban J connectivity index is 1.47. The van der Waals surface area contributed by atoms with Gasteiger partial charge in [0.15, 0.2) is 0 Å². The Kier molecular flexibility index (Phi) is 5.90. The van der Waals surface area contributed by atoms with Gasteiger partial charge in [-0.05, 0) is 62.4 Å². The molecule has 1 aromatic rings. The van der Waals surface area contributed by atoms with E-state index in [2.05, 4.69) is 41.0 Å². The first kappa shape index (κ1) is 17.4. The Morgan fingerprint density at radius 2 is 1.83 bits per heavy atom. The number of likely N-dealkylation sites (tertiary alicyclic amines) is 1. The number of hydrogen-bond acceptors (Lipinski definition) is 3. The van der Waals surface area contributed by atoms with E-state index in [1.165, 1.54) is 30.4 Å². The van der Waals surface area contributed by atoms with Crippen LogP contribution in [0.2, 0.25) is 0 Å². The first-order valence-corrected chi connectivity index (χ1v) is 9.42. The van der Waals surface area contributed by atoms with Gasteiger partial charge in [-0.2, -0.15) is 0 Å². The summed E-state index contributed by atoms with van der Waals surface area (Å²) < 4.78 is 0. The Labute approximate surface area is 145 Å². The molecular formula is C20H30N2O2. The minimum Gasteiger partial charge on any atom is -0.480 e. The maximum absolute atomic E-state index is 11.0. The molecule has 0 spiro atoms. The Bertz CT molecular complexity index is 531. The van der Waals surface area contributed by atoms with Gasteiger partial charge in [-0.15, -0.1) is 0 Å². The smallest absolute Gasteiger partial charge is 0.317 e. The molecule has 3 rings (SSSR count). The van der Waals surface area contributed by atoms with Crippen molar-refractivity contribution in [3.8, 4) is 0 Å². The molecule has 0 radical (unpaired) electrons. The molecule has 4 nitrogen and oxygen atoms in total. The molecule has 0 unspecified atom stereocenters. The van der Waals surface area contributed by atoms with E-state index in [0.29, 0.717) is 6.04 Å². The molecule has 1 N–H and O–H groups in total. The molecule has 2 fully saturated rings. The third-order valence-electron chi connectivity index (χ3n) is 5.78. The number of rotatable bonds is 7. The van der Waals surface area contributed by atoms with Crippen molar-refractivity contribution in [1.29, 1.82) is 0 Å². The first-order chi connectivity index (χ1) is 11.7.